The molecule has 0 unspecified atom stereocenters. The summed E-state index contributed by atoms with van der Waals surface area (Å²) in [5, 5.41) is 5.16. The number of nitrogens with two attached hydrogens (primary N) is 1. The van der Waals surface area contributed by atoms with Gasteiger partial charge in [0, 0.05) is 13.1 Å². The third kappa shape index (κ3) is 2.22. The second-order valence-electron chi connectivity index (χ2n) is 2.87. The number of hydrogen-bond donors (Lipinski definition) is 3. The monoisotopic (exact) mass is 209 g/mol. The molecule has 15 heavy (non-hydrogen) atoms. The van der Waals surface area contributed by atoms with Crippen LogP contribution in [0.1, 0.15) is 0 Å². The number of rotatable bonds is 5. The molecule has 80 valence electrons. The van der Waals surface area contributed by atoms with E-state index >= 15 is 0 Å². The van der Waals surface area contributed by atoms with Crippen molar-refractivity contribution in [2.75, 3.05) is 24.1 Å². The van der Waals surface area contributed by atoms with Crippen molar-refractivity contribution in [3.8, 4) is 0 Å². The molecule has 0 spiro atoms. The Bertz CT molecular complexity index is 457. The Hall–Kier alpha value is -2.11. The lowest BCUT2D eigenvalue weighted by molar-refractivity contribution is -0.116. The summed E-state index contributed by atoms with van der Waals surface area (Å²) in [5.41, 5.74) is 4.09. The van der Waals surface area contributed by atoms with Crippen molar-refractivity contribution in [3.05, 3.63) is 33.1 Å². The molecule has 6 heteroatoms. The van der Waals surface area contributed by atoms with Crippen LogP contribution in [-0.2, 0) is 4.79 Å². The lowest BCUT2D eigenvalue weighted by atomic mass is 10.2. The Labute approximate surface area is 85.5 Å². The van der Waals surface area contributed by atoms with Crippen molar-refractivity contribution in [2.45, 2.75) is 0 Å². The molecule has 0 aliphatic heterocycles. The zero-order chi connectivity index (χ0) is 11.4. The maximum Gasteiger partial charge on any atom is 0.253 e. The molecule has 1 aromatic carbocycles. The van der Waals surface area contributed by atoms with Crippen molar-refractivity contribution in [3.63, 3.8) is 0 Å². The quantitative estimate of drug-likeness (QED) is 0.314. The van der Waals surface area contributed by atoms with Crippen LogP contribution in [0.5, 0.6) is 0 Å². The standard InChI is InChI=1S/C9H11N3O3/c1-2-5(13)11-3-4-12-7-6(10)8(14)9(7)15/h2,12H,1,3-4,10H2,(H,11,13). The van der Waals surface area contributed by atoms with Crippen LogP contribution in [0, 0.1) is 0 Å². The molecule has 0 saturated carbocycles. The highest BCUT2D eigenvalue weighted by Gasteiger charge is 2.16. The van der Waals surface area contributed by atoms with Crippen molar-refractivity contribution < 1.29 is 4.79 Å². The lowest BCUT2D eigenvalue weighted by Gasteiger charge is -2.09. The molecule has 0 bridgehead atoms. The summed E-state index contributed by atoms with van der Waals surface area (Å²) in [4.78, 5) is 32.3. The highest BCUT2D eigenvalue weighted by atomic mass is 16.2. The molecule has 0 aliphatic carbocycles. The van der Waals surface area contributed by atoms with E-state index in [0.29, 0.717) is 13.1 Å². The van der Waals surface area contributed by atoms with Crippen molar-refractivity contribution in [2.24, 2.45) is 0 Å². The zero-order valence-corrected chi connectivity index (χ0v) is 8.00. The van der Waals surface area contributed by atoms with Gasteiger partial charge in [-0.25, -0.2) is 0 Å². The van der Waals surface area contributed by atoms with Gasteiger partial charge in [-0.3, -0.25) is 14.4 Å². The summed E-state index contributed by atoms with van der Waals surface area (Å²) in [6, 6.07) is 0. The van der Waals surface area contributed by atoms with Crippen LogP contribution in [0.4, 0.5) is 11.4 Å². The minimum absolute atomic E-state index is 0.0463. The summed E-state index contributed by atoms with van der Waals surface area (Å²) in [6.07, 6.45) is 1.14. The summed E-state index contributed by atoms with van der Waals surface area (Å²) in [6.45, 7) is 3.93. The van der Waals surface area contributed by atoms with E-state index in [4.69, 9.17) is 5.73 Å². The molecule has 1 rings (SSSR count). The first-order valence-corrected chi connectivity index (χ1v) is 4.31. The van der Waals surface area contributed by atoms with Crippen LogP contribution < -0.4 is 27.2 Å². The van der Waals surface area contributed by atoms with E-state index in [0.717, 1.165) is 6.08 Å². The molecular formula is C9H11N3O3. The number of nitrogen functional groups attached to an aromatic ring is 1. The topological polar surface area (TPSA) is 101 Å². The van der Waals surface area contributed by atoms with Crippen LogP contribution in [0.2, 0.25) is 0 Å². The number of amides is 1. The summed E-state index contributed by atoms with van der Waals surface area (Å²) >= 11 is 0. The molecule has 0 fully saturated rings. The van der Waals surface area contributed by atoms with Gasteiger partial charge in [-0.1, -0.05) is 6.58 Å². The highest BCUT2D eigenvalue weighted by molar-refractivity contribution is 5.86. The molecule has 0 radical (unpaired) electrons. The van der Waals surface area contributed by atoms with E-state index in [9.17, 15) is 14.4 Å². The van der Waals surface area contributed by atoms with Gasteiger partial charge in [0.2, 0.25) is 5.91 Å². The molecular weight excluding hydrogens is 198 g/mol. The predicted molar refractivity (Wildman–Crippen MR) is 57.5 cm³/mol. The number of carbonyl (C=O) groups is 1. The first kappa shape index (κ1) is 11.0. The smallest absolute Gasteiger partial charge is 0.253 e. The minimum Gasteiger partial charge on any atom is -0.394 e. The first-order valence-electron chi connectivity index (χ1n) is 4.31. The van der Waals surface area contributed by atoms with Gasteiger partial charge in [0.05, 0.1) is 0 Å². The zero-order valence-electron chi connectivity index (χ0n) is 8.00. The predicted octanol–water partition coefficient (Wildman–Crippen LogP) is -1.42. The van der Waals surface area contributed by atoms with Gasteiger partial charge in [-0.15, -0.1) is 0 Å². The third-order valence-electron chi connectivity index (χ3n) is 1.86. The van der Waals surface area contributed by atoms with Crippen LogP contribution in [0.15, 0.2) is 22.2 Å². The van der Waals surface area contributed by atoms with Crippen molar-refractivity contribution >= 4 is 17.3 Å². The molecule has 0 aromatic heterocycles. The molecule has 6 nitrogen and oxygen atoms in total. The van der Waals surface area contributed by atoms with Crippen molar-refractivity contribution in [1.29, 1.82) is 0 Å². The average Bonchev–Trinajstić information content (AvgIpc) is 2.27. The van der Waals surface area contributed by atoms with E-state index in [1.807, 2.05) is 0 Å². The van der Waals surface area contributed by atoms with Gasteiger partial charge in [-0.2, -0.15) is 0 Å². The molecule has 1 amide bonds. The Morgan fingerprint density at radius 2 is 2.00 bits per heavy atom. The number of carbonyl (C=O) groups excluding carboxylic acids is 1. The second-order valence-corrected chi connectivity index (χ2v) is 2.87. The Morgan fingerprint density at radius 3 is 2.53 bits per heavy atom. The van der Waals surface area contributed by atoms with Gasteiger partial charge in [-0.05, 0) is 6.08 Å². The van der Waals surface area contributed by atoms with E-state index in [1.54, 1.807) is 0 Å². The van der Waals surface area contributed by atoms with Crippen LogP contribution in [-0.4, -0.2) is 19.0 Å². The average molecular weight is 209 g/mol. The van der Waals surface area contributed by atoms with Gasteiger partial charge in [0.15, 0.2) is 0 Å². The molecule has 0 aliphatic rings. The number of hydrogen-bond acceptors (Lipinski definition) is 5. The number of nitrogens with one attached hydrogen (secondary N) is 2. The van der Waals surface area contributed by atoms with Crippen molar-refractivity contribution in [1.82, 2.24) is 5.32 Å². The Balaban J connectivity index is 2.34. The summed E-state index contributed by atoms with van der Waals surface area (Å²) in [5.74, 6) is -0.297. The normalized spacial score (nSPS) is 9.87. The third-order valence-corrected chi connectivity index (χ3v) is 1.86. The fraction of sp³-hybridized carbons (Fsp3) is 0.222. The van der Waals surface area contributed by atoms with Gasteiger partial charge < -0.3 is 16.4 Å². The van der Waals surface area contributed by atoms with E-state index in [1.165, 1.54) is 0 Å². The molecule has 1 aromatic rings. The summed E-state index contributed by atoms with van der Waals surface area (Å²) < 4.78 is 0. The van der Waals surface area contributed by atoms with Gasteiger partial charge in [0.25, 0.3) is 10.9 Å². The maximum atomic E-state index is 10.9. The van der Waals surface area contributed by atoms with Crippen LogP contribution in [0.3, 0.4) is 0 Å². The largest absolute Gasteiger partial charge is 0.394 e. The summed E-state index contributed by atoms with van der Waals surface area (Å²) in [7, 11) is 0. The second kappa shape index (κ2) is 4.41. The molecule has 0 saturated heterocycles. The molecule has 0 atom stereocenters. The van der Waals surface area contributed by atoms with Crippen LogP contribution >= 0.6 is 0 Å². The minimum atomic E-state index is -0.660. The first-order chi connectivity index (χ1) is 7.07. The van der Waals surface area contributed by atoms with E-state index < -0.39 is 10.9 Å². The Morgan fingerprint density at radius 1 is 1.33 bits per heavy atom. The fourth-order valence-corrected chi connectivity index (χ4v) is 1.03. The maximum absolute atomic E-state index is 10.9. The Kier molecular flexibility index (Phi) is 3.22. The van der Waals surface area contributed by atoms with E-state index in [-0.39, 0.29) is 17.3 Å². The van der Waals surface area contributed by atoms with Crippen LogP contribution in [0.25, 0.3) is 0 Å². The van der Waals surface area contributed by atoms with Gasteiger partial charge in [0.1, 0.15) is 11.4 Å². The fourth-order valence-electron chi connectivity index (χ4n) is 1.03. The highest BCUT2D eigenvalue weighted by Crippen LogP contribution is 2.07. The lowest BCUT2D eigenvalue weighted by Crippen LogP contribution is -2.38. The molecule has 0 heterocycles. The molecule has 4 N–H and O–H groups in total. The SMILES string of the molecule is C=CC(=O)NCCNc1c(N)c(=O)c1=O. The van der Waals surface area contributed by atoms with Gasteiger partial charge >= 0.3 is 0 Å². The van der Waals surface area contributed by atoms with E-state index in [2.05, 4.69) is 17.2 Å². The number of anilines is 2.